The van der Waals surface area contributed by atoms with Gasteiger partial charge < -0.3 is 14.4 Å². The number of nitrogens with zero attached hydrogens (tertiary/aromatic N) is 6. The zero-order valence-electron chi connectivity index (χ0n) is 18.1. The van der Waals surface area contributed by atoms with Crippen LogP contribution in [0.15, 0.2) is 43.0 Å². The van der Waals surface area contributed by atoms with Crippen molar-refractivity contribution in [2.24, 2.45) is 5.92 Å². The molecule has 31 heavy (non-hydrogen) atoms. The van der Waals surface area contributed by atoms with Crippen molar-refractivity contribution in [2.45, 2.75) is 33.2 Å². The van der Waals surface area contributed by atoms with Crippen LogP contribution in [0.25, 0.3) is 11.2 Å². The van der Waals surface area contributed by atoms with Crippen LogP contribution in [-0.2, 0) is 11.3 Å². The molecule has 1 fully saturated rings. The number of carbonyl (C=O) groups excluding carboxylic acids is 2. The van der Waals surface area contributed by atoms with Gasteiger partial charge in [0, 0.05) is 38.6 Å². The molecule has 3 aromatic heterocycles. The summed E-state index contributed by atoms with van der Waals surface area (Å²) in [6.45, 7) is 7.05. The summed E-state index contributed by atoms with van der Waals surface area (Å²) in [7, 11) is 0. The number of hydrogen-bond acceptors (Lipinski definition) is 5. The third kappa shape index (κ3) is 4.42. The fraction of sp³-hybridized carbons (Fsp3) is 0.435. The summed E-state index contributed by atoms with van der Waals surface area (Å²) in [5, 5.41) is 0. The lowest BCUT2D eigenvalue weighted by Gasteiger charge is -2.34. The molecule has 0 bridgehead atoms. The number of aromatic nitrogens is 4. The fourth-order valence-corrected chi connectivity index (χ4v) is 4.19. The lowest BCUT2D eigenvalue weighted by atomic mass is 9.96. The van der Waals surface area contributed by atoms with Gasteiger partial charge >= 0.3 is 0 Å². The molecule has 1 saturated heterocycles. The minimum Gasteiger partial charge on any atom is -0.343 e. The van der Waals surface area contributed by atoms with Crippen LogP contribution in [0.3, 0.4) is 0 Å². The van der Waals surface area contributed by atoms with Crippen molar-refractivity contribution in [2.75, 3.05) is 26.2 Å². The van der Waals surface area contributed by atoms with Gasteiger partial charge in [-0.1, -0.05) is 6.07 Å². The van der Waals surface area contributed by atoms with E-state index in [9.17, 15) is 9.59 Å². The van der Waals surface area contributed by atoms with Gasteiger partial charge in [0.1, 0.15) is 5.52 Å². The van der Waals surface area contributed by atoms with E-state index < -0.39 is 0 Å². The minimum absolute atomic E-state index is 0.0919. The van der Waals surface area contributed by atoms with Gasteiger partial charge in [0.2, 0.25) is 5.91 Å². The van der Waals surface area contributed by atoms with Gasteiger partial charge in [-0.25, -0.2) is 9.97 Å². The first kappa shape index (κ1) is 21.0. The molecule has 0 radical (unpaired) electrons. The van der Waals surface area contributed by atoms with Crippen LogP contribution in [0.1, 0.15) is 42.7 Å². The molecule has 0 spiro atoms. The van der Waals surface area contributed by atoms with Crippen LogP contribution in [0.2, 0.25) is 0 Å². The van der Waals surface area contributed by atoms with Crippen LogP contribution in [0.4, 0.5) is 0 Å². The SMILES string of the molecule is CCN(CC)C(=O)C1CCCN(C(=O)c2cnc3c(c2)ncn3Cc2ccccn2)C1. The zero-order valence-corrected chi connectivity index (χ0v) is 18.1. The number of amides is 2. The highest BCUT2D eigenvalue weighted by molar-refractivity contribution is 5.96. The number of imidazole rings is 1. The summed E-state index contributed by atoms with van der Waals surface area (Å²) in [6.07, 6.45) is 6.75. The normalized spacial score (nSPS) is 16.5. The van der Waals surface area contributed by atoms with Crippen molar-refractivity contribution in [1.82, 2.24) is 29.3 Å². The van der Waals surface area contributed by atoms with E-state index in [4.69, 9.17) is 0 Å². The molecule has 0 saturated carbocycles. The largest absolute Gasteiger partial charge is 0.343 e. The second kappa shape index (κ2) is 9.24. The molecule has 1 aliphatic rings. The van der Waals surface area contributed by atoms with Gasteiger partial charge in [-0.05, 0) is 44.9 Å². The van der Waals surface area contributed by atoms with E-state index >= 15 is 0 Å². The Morgan fingerprint density at radius 1 is 1.16 bits per heavy atom. The van der Waals surface area contributed by atoms with Crippen molar-refractivity contribution in [3.8, 4) is 0 Å². The van der Waals surface area contributed by atoms with E-state index in [1.807, 2.05) is 41.5 Å². The van der Waals surface area contributed by atoms with Gasteiger partial charge in [0.15, 0.2) is 5.65 Å². The Hall–Kier alpha value is -3.29. The Balaban J connectivity index is 1.49. The lowest BCUT2D eigenvalue weighted by Crippen LogP contribution is -2.46. The van der Waals surface area contributed by atoms with Gasteiger partial charge in [-0.2, -0.15) is 0 Å². The van der Waals surface area contributed by atoms with Crippen molar-refractivity contribution in [1.29, 1.82) is 0 Å². The smallest absolute Gasteiger partial charge is 0.255 e. The van der Waals surface area contributed by atoms with Crippen molar-refractivity contribution >= 4 is 23.0 Å². The Morgan fingerprint density at radius 3 is 2.74 bits per heavy atom. The zero-order chi connectivity index (χ0) is 21.8. The van der Waals surface area contributed by atoms with Crippen LogP contribution < -0.4 is 0 Å². The molecule has 0 aromatic carbocycles. The maximum Gasteiger partial charge on any atom is 0.255 e. The monoisotopic (exact) mass is 420 g/mol. The Bertz CT molecular complexity index is 1060. The number of piperidine rings is 1. The van der Waals surface area contributed by atoms with E-state index in [0.717, 1.165) is 24.2 Å². The molecule has 1 aliphatic heterocycles. The predicted octanol–water partition coefficient (Wildman–Crippen LogP) is 2.60. The third-order valence-corrected chi connectivity index (χ3v) is 5.89. The quantitative estimate of drug-likeness (QED) is 0.612. The van der Waals surface area contributed by atoms with E-state index in [1.165, 1.54) is 0 Å². The van der Waals surface area contributed by atoms with Crippen LogP contribution in [-0.4, -0.2) is 67.3 Å². The second-order valence-corrected chi connectivity index (χ2v) is 7.86. The minimum atomic E-state index is -0.133. The van der Waals surface area contributed by atoms with Gasteiger partial charge in [-0.15, -0.1) is 0 Å². The number of fused-ring (bicyclic) bond motifs is 1. The average molecular weight is 421 g/mol. The summed E-state index contributed by atoms with van der Waals surface area (Å²) >= 11 is 0. The van der Waals surface area contributed by atoms with Crippen molar-refractivity contribution in [3.63, 3.8) is 0 Å². The summed E-state index contributed by atoms with van der Waals surface area (Å²) in [4.78, 5) is 42.8. The van der Waals surface area contributed by atoms with Crippen molar-refractivity contribution in [3.05, 3.63) is 54.2 Å². The Kier molecular flexibility index (Phi) is 6.25. The topological polar surface area (TPSA) is 84.2 Å². The number of likely N-dealkylation sites (tertiary alicyclic amines) is 1. The molecular formula is C23H28N6O2. The lowest BCUT2D eigenvalue weighted by molar-refractivity contribution is -0.136. The van der Waals surface area contributed by atoms with E-state index in [0.29, 0.717) is 43.8 Å². The van der Waals surface area contributed by atoms with Crippen LogP contribution in [0.5, 0.6) is 0 Å². The molecule has 1 unspecified atom stereocenters. The maximum absolute atomic E-state index is 13.1. The average Bonchev–Trinajstić information content (AvgIpc) is 3.22. The predicted molar refractivity (Wildman–Crippen MR) is 117 cm³/mol. The number of rotatable bonds is 6. The van der Waals surface area contributed by atoms with Gasteiger partial charge in [-0.3, -0.25) is 14.6 Å². The van der Waals surface area contributed by atoms with Gasteiger partial charge in [0.25, 0.3) is 5.91 Å². The summed E-state index contributed by atoms with van der Waals surface area (Å²) in [5.74, 6) is -0.0815. The molecule has 4 heterocycles. The summed E-state index contributed by atoms with van der Waals surface area (Å²) in [5.41, 5.74) is 2.82. The first-order chi connectivity index (χ1) is 15.1. The summed E-state index contributed by atoms with van der Waals surface area (Å²) < 4.78 is 1.92. The molecular weight excluding hydrogens is 392 g/mol. The number of pyridine rings is 2. The van der Waals surface area contributed by atoms with E-state index in [2.05, 4.69) is 15.0 Å². The fourth-order valence-electron chi connectivity index (χ4n) is 4.19. The molecule has 0 N–H and O–H groups in total. The molecule has 8 nitrogen and oxygen atoms in total. The number of carbonyl (C=O) groups is 2. The molecule has 2 amide bonds. The van der Waals surface area contributed by atoms with Crippen LogP contribution in [0, 0.1) is 5.92 Å². The molecule has 0 aliphatic carbocycles. The molecule has 162 valence electrons. The molecule has 8 heteroatoms. The highest BCUT2D eigenvalue weighted by Gasteiger charge is 2.31. The standard InChI is InChI=1S/C23H28N6O2/c1-3-27(4-2)22(30)17-8-7-11-28(14-17)23(31)18-12-20-21(25-13-18)29(16-26-20)15-19-9-5-6-10-24-19/h5-6,9-10,12-13,16-17H,3-4,7-8,11,14-15H2,1-2H3. The Labute approximate surface area is 181 Å². The van der Waals surface area contributed by atoms with Crippen LogP contribution >= 0.6 is 0 Å². The first-order valence-electron chi connectivity index (χ1n) is 10.9. The van der Waals surface area contributed by atoms with E-state index in [1.54, 1.807) is 29.7 Å². The maximum atomic E-state index is 13.1. The third-order valence-electron chi connectivity index (χ3n) is 5.89. The molecule has 1 atom stereocenters. The molecule has 4 rings (SSSR count). The second-order valence-electron chi connectivity index (χ2n) is 7.86. The molecule has 3 aromatic rings. The highest BCUT2D eigenvalue weighted by atomic mass is 16.2. The number of hydrogen-bond donors (Lipinski definition) is 0. The Morgan fingerprint density at radius 2 is 2.00 bits per heavy atom. The van der Waals surface area contributed by atoms with E-state index in [-0.39, 0.29) is 17.7 Å². The van der Waals surface area contributed by atoms with Gasteiger partial charge in [0.05, 0.1) is 30.0 Å². The summed E-state index contributed by atoms with van der Waals surface area (Å²) in [6, 6.07) is 7.57. The first-order valence-corrected chi connectivity index (χ1v) is 10.9. The van der Waals surface area contributed by atoms with Crippen molar-refractivity contribution < 1.29 is 9.59 Å². The highest BCUT2D eigenvalue weighted by Crippen LogP contribution is 2.22.